The Labute approximate surface area is 197 Å². The van der Waals surface area contributed by atoms with Crippen molar-refractivity contribution in [3.05, 3.63) is 60.2 Å². The summed E-state index contributed by atoms with van der Waals surface area (Å²) in [5.41, 5.74) is 1.28. The third-order valence-corrected chi connectivity index (χ3v) is 6.53. The molecule has 0 spiro atoms. The molecular weight excluding hydrogens is 416 g/mol. The molecule has 0 atom stereocenters. The first kappa shape index (κ1) is 23.5. The maximum absolute atomic E-state index is 12.8. The lowest BCUT2D eigenvalue weighted by atomic mass is 10.2. The molecule has 0 radical (unpaired) electrons. The van der Waals surface area contributed by atoms with Crippen LogP contribution in [0.2, 0.25) is 0 Å². The van der Waals surface area contributed by atoms with Crippen LogP contribution < -0.4 is 9.47 Å². The normalized spacial score (nSPS) is 18.3. The van der Waals surface area contributed by atoms with E-state index in [0.29, 0.717) is 13.2 Å². The molecular formula is C26H36N4O3. The molecule has 2 aliphatic heterocycles. The number of carbonyl (C=O) groups excluding carboxylic acids is 1. The zero-order chi connectivity index (χ0) is 22.9. The minimum Gasteiger partial charge on any atom is -0.497 e. The maximum Gasteiger partial charge on any atom is 0.236 e. The van der Waals surface area contributed by atoms with Crippen molar-refractivity contribution < 1.29 is 14.3 Å². The first-order chi connectivity index (χ1) is 16.2. The Hall–Kier alpha value is -2.61. The van der Waals surface area contributed by atoms with Crippen LogP contribution in [0.25, 0.3) is 0 Å². The van der Waals surface area contributed by atoms with Crippen LogP contribution in [-0.2, 0) is 11.3 Å². The van der Waals surface area contributed by atoms with Gasteiger partial charge in [-0.2, -0.15) is 0 Å². The summed E-state index contributed by atoms with van der Waals surface area (Å²) >= 11 is 0. The summed E-state index contributed by atoms with van der Waals surface area (Å²) in [5, 5.41) is 0. The lowest BCUT2D eigenvalue weighted by Gasteiger charge is -2.38. The van der Waals surface area contributed by atoms with Crippen molar-refractivity contribution in [2.24, 2.45) is 0 Å². The minimum atomic E-state index is 0.264. The van der Waals surface area contributed by atoms with Crippen molar-refractivity contribution in [2.45, 2.75) is 6.54 Å². The molecule has 2 aromatic rings. The van der Waals surface area contributed by atoms with Crippen LogP contribution >= 0.6 is 0 Å². The Bertz CT molecular complexity index is 846. The monoisotopic (exact) mass is 452 g/mol. The second-order valence-electron chi connectivity index (χ2n) is 8.78. The Morgan fingerprint density at radius 2 is 1.39 bits per heavy atom. The van der Waals surface area contributed by atoms with Crippen LogP contribution in [-0.4, -0.2) is 105 Å². The highest BCUT2D eigenvalue weighted by Crippen LogP contribution is 2.14. The van der Waals surface area contributed by atoms with Gasteiger partial charge in [0.25, 0.3) is 0 Å². The highest BCUT2D eigenvalue weighted by molar-refractivity contribution is 5.78. The molecule has 1 amide bonds. The maximum atomic E-state index is 12.8. The van der Waals surface area contributed by atoms with E-state index in [4.69, 9.17) is 9.47 Å². The van der Waals surface area contributed by atoms with E-state index in [2.05, 4.69) is 26.8 Å². The fourth-order valence-corrected chi connectivity index (χ4v) is 4.42. The fraction of sp³-hybridized carbons (Fsp3) is 0.500. The van der Waals surface area contributed by atoms with Crippen LogP contribution in [0.15, 0.2) is 54.6 Å². The number of hydrogen-bond donors (Lipinski definition) is 0. The average Bonchev–Trinajstić information content (AvgIpc) is 2.87. The fourth-order valence-electron chi connectivity index (χ4n) is 4.42. The van der Waals surface area contributed by atoms with Crippen molar-refractivity contribution >= 4 is 5.91 Å². The van der Waals surface area contributed by atoms with Crippen LogP contribution in [0.1, 0.15) is 5.56 Å². The number of amides is 1. The third-order valence-electron chi connectivity index (χ3n) is 6.53. The Morgan fingerprint density at radius 1 is 0.758 bits per heavy atom. The van der Waals surface area contributed by atoms with E-state index < -0.39 is 0 Å². The predicted molar refractivity (Wildman–Crippen MR) is 130 cm³/mol. The smallest absolute Gasteiger partial charge is 0.236 e. The van der Waals surface area contributed by atoms with Gasteiger partial charge in [0.15, 0.2) is 0 Å². The summed E-state index contributed by atoms with van der Waals surface area (Å²) in [5.74, 6) is 2.07. The molecule has 0 N–H and O–H groups in total. The Balaban J connectivity index is 1.11. The van der Waals surface area contributed by atoms with E-state index in [1.807, 2.05) is 47.4 Å². The average molecular weight is 453 g/mol. The Kier molecular flexibility index (Phi) is 8.58. The molecule has 2 saturated heterocycles. The van der Waals surface area contributed by atoms with Gasteiger partial charge in [-0.1, -0.05) is 30.3 Å². The number of benzene rings is 2. The van der Waals surface area contributed by atoms with Crippen LogP contribution in [0.5, 0.6) is 11.5 Å². The summed E-state index contributed by atoms with van der Waals surface area (Å²) in [6, 6.07) is 18.2. The first-order valence-electron chi connectivity index (χ1n) is 12.0. The lowest BCUT2D eigenvalue weighted by Crippen LogP contribution is -2.53. The molecule has 7 heteroatoms. The SMILES string of the molecule is COc1ccc(CN2CCN(C(=O)CN3CCN(CCOc4ccccc4)CC3)CC2)cc1. The molecule has 178 valence electrons. The van der Waals surface area contributed by atoms with Crippen molar-refractivity contribution in [3.63, 3.8) is 0 Å². The van der Waals surface area contributed by atoms with Gasteiger partial charge in [-0.15, -0.1) is 0 Å². The molecule has 7 nitrogen and oxygen atoms in total. The van der Waals surface area contributed by atoms with Crippen molar-refractivity contribution in [1.82, 2.24) is 19.6 Å². The summed E-state index contributed by atoms with van der Waals surface area (Å²) in [6.07, 6.45) is 0. The van der Waals surface area contributed by atoms with E-state index in [9.17, 15) is 4.79 Å². The molecule has 0 saturated carbocycles. The van der Waals surface area contributed by atoms with Gasteiger partial charge in [0.1, 0.15) is 18.1 Å². The van der Waals surface area contributed by atoms with E-state index in [1.165, 1.54) is 5.56 Å². The van der Waals surface area contributed by atoms with Crippen LogP contribution in [0.4, 0.5) is 0 Å². The van der Waals surface area contributed by atoms with E-state index in [0.717, 1.165) is 76.9 Å². The molecule has 4 rings (SSSR count). The van der Waals surface area contributed by atoms with Gasteiger partial charge < -0.3 is 14.4 Å². The number of nitrogens with zero attached hydrogens (tertiary/aromatic N) is 4. The summed E-state index contributed by atoms with van der Waals surface area (Å²) in [7, 11) is 1.69. The topological polar surface area (TPSA) is 48.5 Å². The number of rotatable bonds is 9. The van der Waals surface area contributed by atoms with Gasteiger partial charge in [0.2, 0.25) is 5.91 Å². The summed E-state index contributed by atoms with van der Waals surface area (Å²) < 4.78 is 11.0. The Morgan fingerprint density at radius 3 is 2.06 bits per heavy atom. The predicted octanol–water partition coefficient (Wildman–Crippen LogP) is 2.04. The van der Waals surface area contributed by atoms with Gasteiger partial charge in [-0.3, -0.25) is 19.5 Å². The standard InChI is InChI=1S/C26H36N4O3/c1-32-24-9-7-23(8-10-24)21-28-15-17-30(18-16-28)26(31)22-29-13-11-27(12-14-29)19-20-33-25-5-3-2-4-6-25/h2-10H,11-22H2,1H3. The first-order valence-corrected chi connectivity index (χ1v) is 12.0. The third kappa shape index (κ3) is 7.19. The molecule has 2 fully saturated rings. The zero-order valence-electron chi connectivity index (χ0n) is 19.7. The number of ether oxygens (including phenoxy) is 2. The molecule has 0 aromatic heterocycles. The molecule has 0 unspecified atom stereocenters. The van der Waals surface area contributed by atoms with Gasteiger partial charge in [-0.25, -0.2) is 0 Å². The van der Waals surface area contributed by atoms with Crippen molar-refractivity contribution in [2.75, 3.05) is 79.2 Å². The second-order valence-corrected chi connectivity index (χ2v) is 8.78. The molecule has 0 aliphatic carbocycles. The highest BCUT2D eigenvalue weighted by atomic mass is 16.5. The molecule has 0 bridgehead atoms. The zero-order valence-corrected chi connectivity index (χ0v) is 19.7. The van der Waals surface area contributed by atoms with Gasteiger partial charge >= 0.3 is 0 Å². The number of hydrogen-bond acceptors (Lipinski definition) is 6. The van der Waals surface area contributed by atoms with Crippen LogP contribution in [0, 0.1) is 0 Å². The van der Waals surface area contributed by atoms with E-state index in [1.54, 1.807) is 7.11 Å². The molecule has 2 heterocycles. The van der Waals surface area contributed by atoms with Crippen LogP contribution in [0.3, 0.4) is 0 Å². The van der Waals surface area contributed by atoms with Gasteiger partial charge in [-0.05, 0) is 29.8 Å². The van der Waals surface area contributed by atoms with Gasteiger partial charge in [0.05, 0.1) is 13.7 Å². The van der Waals surface area contributed by atoms with E-state index in [-0.39, 0.29) is 5.91 Å². The van der Waals surface area contributed by atoms with Crippen molar-refractivity contribution in [3.8, 4) is 11.5 Å². The number of carbonyl (C=O) groups is 1. The quantitative estimate of drug-likeness (QED) is 0.580. The second kappa shape index (κ2) is 12.0. The molecule has 33 heavy (non-hydrogen) atoms. The molecule has 2 aromatic carbocycles. The van der Waals surface area contributed by atoms with Gasteiger partial charge in [0, 0.05) is 65.4 Å². The number of methoxy groups -OCH3 is 1. The van der Waals surface area contributed by atoms with Crippen molar-refractivity contribution in [1.29, 1.82) is 0 Å². The lowest BCUT2D eigenvalue weighted by molar-refractivity contribution is -0.134. The minimum absolute atomic E-state index is 0.264. The highest BCUT2D eigenvalue weighted by Gasteiger charge is 2.24. The summed E-state index contributed by atoms with van der Waals surface area (Å²) in [6.45, 7) is 10.4. The number of para-hydroxylation sites is 1. The molecule has 2 aliphatic rings. The largest absolute Gasteiger partial charge is 0.497 e. The number of piperazine rings is 2. The van der Waals surface area contributed by atoms with E-state index >= 15 is 0 Å². The summed E-state index contributed by atoms with van der Waals surface area (Å²) in [4.78, 5) is 22.0.